The lowest BCUT2D eigenvalue weighted by Gasteiger charge is -2.08. The summed E-state index contributed by atoms with van der Waals surface area (Å²) < 4.78 is 5.16. The number of aryl methyl sites for hydroxylation is 1. The summed E-state index contributed by atoms with van der Waals surface area (Å²) in [6.45, 7) is 6.75. The number of benzene rings is 1. The van der Waals surface area contributed by atoms with Crippen molar-refractivity contribution in [3.05, 3.63) is 28.8 Å². The Morgan fingerprint density at radius 1 is 1.15 bits per heavy atom. The highest BCUT2D eigenvalue weighted by atomic mass is 35.5. The van der Waals surface area contributed by atoms with E-state index in [0.29, 0.717) is 0 Å². The van der Waals surface area contributed by atoms with Gasteiger partial charge in [0.05, 0.1) is 7.11 Å². The normalized spacial score (nSPS) is 11.1. The number of nitrogens with one attached hydrogen (secondary N) is 1. The highest BCUT2D eigenvalue weighted by molar-refractivity contribution is 6.31. The molecule has 0 aromatic heterocycles. The number of unbranched alkanes of at least 4 members (excludes halogenated alkanes) is 3. The van der Waals surface area contributed by atoms with E-state index in [4.69, 9.17) is 16.3 Å². The third-order valence-corrected chi connectivity index (χ3v) is 3.71. The Morgan fingerprint density at radius 2 is 1.90 bits per heavy atom. The van der Waals surface area contributed by atoms with Crippen molar-refractivity contribution < 1.29 is 4.74 Å². The molecule has 0 aliphatic heterocycles. The van der Waals surface area contributed by atoms with Crippen LogP contribution in [0.4, 0.5) is 0 Å². The van der Waals surface area contributed by atoms with Crippen molar-refractivity contribution in [2.75, 3.05) is 20.2 Å². The van der Waals surface area contributed by atoms with Gasteiger partial charge in [0.25, 0.3) is 0 Å². The van der Waals surface area contributed by atoms with Gasteiger partial charge in [0.1, 0.15) is 5.75 Å². The molecule has 0 amide bonds. The maximum absolute atomic E-state index is 6.23. The van der Waals surface area contributed by atoms with Gasteiger partial charge in [-0.3, -0.25) is 0 Å². The number of halogens is 1. The number of hydrogen-bond acceptors (Lipinski definition) is 2. The Labute approximate surface area is 128 Å². The van der Waals surface area contributed by atoms with Crippen LogP contribution >= 0.6 is 11.6 Å². The van der Waals surface area contributed by atoms with E-state index in [0.717, 1.165) is 36.2 Å². The smallest absolute Gasteiger partial charge is 0.120 e. The molecular weight excluding hydrogens is 270 g/mol. The summed E-state index contributed by atoms with van der Waals surface area (Å²) >= 11 is 6.23. The number of hydrogen-bond donors (Lipinski definition) is 1. The molecule has 0 bridgehead atoms. The van der Waals surface area contributed by atoms with Gasteiger partial charge < -0.3 is 10.1 Å². The molecule has 0 aliphatic carbocycles. The lowest BCUT2D eigenvalue weighted by Crippen LogP contribution is -2.20. The molecule has 114 valence electrons. The highest BCUT2D eigenvalue weighted by Gasteiger charge is 2.02. The summed E-state index contributed by atoms with van der Waals surface area (Å²) in [5.74, 6) is 1.57. The fraction of sp³-hybridized carbons (Fsp3) is 0.647. The van der Waals surface area contributed by atoms with Gasteiger partial charge >= 0.3 is 0 Å². The Balaban J connectivity index is 2.09. The second-order valence-corrected chi connectivity index (χ2v) is 6.13. The number of ether oxygens (including phenoxy) is 1. The second kappa shape index (κ2) is 10.1. The zero-order chi connectivity index (χ0) is 14.8. The zero-order valence-electron chi connectivity index (χ0n) is 13.0. The molecule has 1 N–H and O–H groups in total. The van der Waals surface area contributed by atoms with Crippen LogP contribution in [-0.4, -0.2) is 20.2 Å². The van der Waals surface area contributed by atoms with Gasteiger partial charge in [-0.15, -0.1) is 0 Å². The van der Waals surface area contributed by atoms with Crippen LogP contribution in [0.5, 0.6) is 5.75 Å². The molecule has 0 heterocycles. The standard InChI is InChI=1S/C17H28ClNO/c1-14(2)13-19-11-7-5-4-6-8-15-9-10-16(20-3)12-17(15)18/h9-10,12,14,19H,4-8,11,13H2,1-3H3. The molecule has 0 atom stereocenters. The van der Waals surface area contributed by atoms with Crippen LogP contribution in [-0.2, 0) is 6.42 Å². The molecule has 3 heteroatoms. The minimum absolute atomic E-state index is 0.743. The van der Waals surface area contributed by atoms with E-state index in [1.54, 1.807) is 7.11 Å². The molecule has 1 aromatic rings. The molecular formula is C17H28ClNO. The minimum atomic E-state index is 0.743. The first-order chi connectivity index (χ1) is 9.63. The summed E-state index contributed by atoms with van der Waals surface area (Å²) in [4.78, 5) is 0. The van der Waals surface area contributed by atoms with Crippen molar-refractivity contribution in [2.24, 2.45) is 5.92 Å². The van der Waals surface area contributed by atoms with Gasteiger partial charge in [-0.1, -0.05) is 44.4 Å². The van der Waals surface area contributed by atoms with Crippen LogP contribution in [0.1, 0.15) is 45.1 Å². The Morgan fingerprint density at radius 3 is 2.55 bits per heavy atom. The predicted molar refractivity (Wildman–Crippen MR) is 87.9 cm³/mol. The van der Waals surface area contributed by atoms with E-state index in [9.17, 15) is 0 Å². The monoisotopic (exact) mass is 297 g/mol. The molecule has 0 spiro atoms. The molecule has 1 aromatic carbocycles. The van der Waals surface area contributed by atoms with Gasteiger partial charge in [-0.25, -0.2) is 0 Å². The summed E-state index contributed by atoms with van der Waals surface area (Å²) in [7, 11) is 1.67. The van der Waals surface area contributed by atoms with Crippen molar-refractivity contribution in [3.8, 4) is 5.75 Å². The van der Waals surface area contributed by atoms with Crippen LogP contribution in [0.2, 0.25) is 5.02 Å². The largest absolute Gasteiger partial charge is 0.497 e. The molecule has 2 nitrogen and oxygen atoms in total. The topological polar surface area (TPSA) is 21.3 Å². The first kappa shape index (κ1) is 17.3. The van der Waals surface area contributed by atoms with E-state index >= 15 is 0 Å². The van der Waals surface area contributed by atoms with Crippen LogP contribution < -0.4 is 10.1 Å². The van der Waals surface area contributed by atoms with Crippen molar-refractivity contribution in [2.45, 2.75) is 46.0 Å². The molecule has 0 saturated heterocycles. The fourth-order valence-electron chi connectivity index (χ4n) is 2.17. The third-order valence-electron chi connectivity index (χ3n) is 3.36. The molecule has 0 aliphatic rings. The average molecular weight is 298 g/mol. The first-order valence-electron chi connectivity index (χ1n) is 7.66. The Kier molecular flexibility index (Phi) is 8.72. The maximum Gasteiger partial charge on any atom is 0.120 e. The molecule has 0 unspecified atom stereocenters. The van der Waals surface area contributed by atoms with Crippen LogP contribution in [0.3, 0.4) is 0 Å². The quantitative estimate of drug-likeness (QED) is 0.632. The molecule has 0 fully saturated rings. The van der Waals surface area contributed by atoms with Crippen molar-refractivity contribution in [1.82, 2.24) is 5.32 Å². The van der Waals surface area contributed by atoms with E-state index in [-0.39, 0.29) is 0 Å². The van der Waals surface area contributed by atoms with Gasteiger partial charge in [-0.05, 0) is 56.0 Å². The maximum atomic E-state index is 6.23. The minimum Gasteiger partial charge on any atom is -0.497 e. The number of rotatable bonds is 10. The fourth-order valence-corrected chi connectivity index (χ4v) is 2.43. The second-order valence-electron chi connectivity index (χ2n) is 5.72. The van der Waals surface area contributed by atoms with E-state index < -0.39 is 0 Å². The molecule has 20 heavy (non-hydrogen) atoms. The van der Waals surface area contributed by atoms with E-state index in [1.807, 2.05) is 12.1 Å². The van der Waals surface area contributed by atoms with E-state index in [2.05, 4.69) is 25.2 Å². The Bertz CT molecular complexity index is 379. The van der Waals surface area contributed by atoms with Crippen LogP contribution in [0, 0.1) is 5.92 Å². The predicted octanol–water partition coefficient (Wildman–Crippen LogP) is 4.70. The molecule has 0 saturated carbocycles. The first-order valence-corrected chi connectivity index (χ1v) is 8.04. The molecule has 0 radical (unpaired) electrons. The van der Waals surface area contributed by atoms with Gasteiger partial charge in [0.15, 0.2) is 0 Å². The SMILES string of the molecule is COc1ccc(CCCCCCNCC(C)C)c(Cl)c1. The summed E-state index contributed by atoms with van der Waals surface area (Å²) in [5, 5.41) is 4.30. The zero-order valence-corrected chi connectivity index (χ0v) is 13.8. The van der Waals surface area contributed by atoms with Gasteiger partial charge in [0.2, 0.25) is 0 Å². The van der Waals surface area contributed by atoms with Crippen LogP contribution in [0.15, 0.2) is 18.2 Å². The third kappa shape index (κ3) is 7.16. The van der Waals surface area contributed by atoms with Crippen molar-refractivity contribution in [1.29, 1.82) is 0 Å². The highest BCUT2D eigenvalue weighted by Crippen LogP contribution is 2.23. The van der Waals surface area contributed by atoms with E-state index in [1.165, 1.54) is 31.2 Å². The summed E-state index contributed by atoms with van der Waals surface area (Å²) in [6, 6.07) is 5.95. The van der Waals surface area contributed by atoms with Gasteiger partial charge in [0, 0.05) is 5.02 Å². The summed E-state index contributed by atoms with van der Waals surface area (Å²) in [6.07, 6.45) is 6.09. The summed E-state index contributed by atoms with van der Waals surface area (Å²) in [5.41, 5.74) is 1.23. The molecule has 1 rings (SSSR count). The Hall–Kier alpha value is -0.730. The number of methoxy groups -OCH3 is 1. The lowest BCUT2D eigenvalue weighted by atomic mass is 10.1. The van der Waals surface area contributed by atoms with Crippen LogP contribution in [0.25, 0.3) is 0 Å². The average Bonchev–Trinajstić information content (AvgIpc) is 2.42. The lowest BCUT2D eigenvalue weighted by molar-refractivity contribution is 0.414. The van der Waals surface area contributed by atoms with Crippen molar-refractivity contribution in [3.63, 3.8) is 0 Å². The van der Waals surface area contributed by atoms with Crippen molar-refractivity contribution >= 4 is 11.6 Å². The van der Waals surface area contributed by atoms with Gasteiger partial charge in [-0.2, -0.15) is 0 Å².